The molecule has 3 heteroatoms. The molecule has 0 saturated carbocycles. The topological polar surface area (TPSA) is 63.3 Å². The van der Waals surface area contributed by atoms with Crippen LogP contribution in [0.1, 0.15) is 5.56 Å². The minimum atomic E-state index is -0.481. The Morgan fingerprint density at radius 2 is 1.92 bits per heavy atom. The van der Waals surface area contributed by atoms with Crippen molar-refractivity contribution < 1.29 is 9.90 Å². The highest BCUT2D eigenvalue weighted by molar-refractivity contribution is 5.84. The van der Waals surface area contributed by atoms with E-state index in [9.17, 15) is 4.79 Å². The Labute approximate surface area is 77.5 Å². The average Bonchev–Trinajstić information content (AvgIpc) is 2.20. The van der Waals surface area contributed by atoms with Crippen molar-refractivity contribution >= 4 is 5.91 Å². The molecule has 13 heavy (non-hydrogen) atoms. The number of nitrogens with two attached hydrogens (primary N) is 1. The molecule has 0 spiro atoms. The number of carbonyl (C=O) groups excluding carboxylic acids is 1. The van der Waals surface area contributed by atoms with Crippen molar-refractivity contribution in [1.82, 2.24) is 0 Å². The van der Waals surface area contributed by atoms with E-state index >= 15 is 0 Å². The van der Waals surface area contributed by atoms with Crippen LogP contribution in [0, 0.1) is 0 Å². The van der Waals surface area contributed by atoms with Crippen molar-refractivity contribution in [1.29, 1.82) is 0 Å². The first-order chi connectivity index (χ1) is 6.20. The average molecular weight is 179 g/mol. The number of rotatable bonds is 2. The zero-order valence-electron chi connectivity index (χ0n) is 7.31. The molecule has 0 unspecified atom stereocenters. The van der Waals surface area contributed by atoms with Crippen LogP contribution in [0.25, 0.3) is 0 Å². The molecule has 0 atom stereocenters. The lowest BCUT2D eigenvalue weighted by atomic mass is 10.2. The lowest BCUT2D eigenvalue weighted by molar-refractivity contribution is -0.113. The first-order valence-corrected chi connectivity index (χ1v) is 3.77. The van der Waals surface area contributed by atoms with Gasteiger partial charge in [0.15, 0.2) is 0 Å². The monoisotopic (exact) mass is 179 g/mol. The summed E-state index contributed by atoms with van der Waals surface area (Å²) in [5, 5.41) is 8.54. The van der Waals surface area contributed by atoms with Crippen molar-refractivity contribution in [2.75, 3.05) is 0 Å². The molecule has 1 aromatic rings. The standard InChI is InChI=1S/C7H8O.C3H5NO/c8-6-7-4-2-1-3-5-7;1-2-3(4)5/h1-5,8H,6H2;2H,1H2,(H2,4,5). The molecule has 0 saturated heterocycles. The fourth-order valence-corrected chi connectivity index (χ4v) is 0.583. The number of aliphatic hydroxyl groups is 1. The van der Waals surface area contributed by atoms with E-state index in [1.54, 1.807) is 0 Å². The number of hydrogen-bond donors (Lipinski definition) is 2. The minimum Gasteiger partial charge on any atom is -0.392 e. The Morgan fingerprint density at radius 1 is 1.46 bits per heavy atom. The molecule has 0 fully saturated rings. The van der Waals surface area contributed by atoms with Crippen LogP contribution in [0.2, 0.25) is 0 Å². The highest BCUT2D eigenvalue weighted by Crippen LogP contribution is 1.95. The Kier molecular flexibility index (Phi) is 6.19. The van der Waals surface area contributed by atoms with Gasteiger partial charge in [0.1, 0.15) is 0 Å². The summed E-state index contributed by atoms with van der Waals surface area (Å²) in [6.07, 6.45) is 1.06. The van der Waals surface area contributed by atoms with Crippen LogP contribution in [0.5, 0.6) is 0 Å². The Bertz CT molecular complexity index is 257. The van der Waals surface area contributed by atoms with E-state index in [1.165, 1.54) is 0 Å². The predicted molar refractivity (Wildman–Crippen MR) is 51.8 cm³/mol. The SMILES string of the molecule is C=CC(N)=O.OCc1ccccc1. The van der Waals surface area contributed by atoms with Gasteiger partial charge in [0, 0.05) is 0 Å². The van der Waals surface area contributed by atoms with Crippen LogP contribution in [-0.2, 0) is 11.4 Å². The lowest BCUT2D eigenvalue weighted by Gasteiger charge is -1.89. The van der Waals surface area contributed by atoms with Crippen LogP contribution < -0.4 is 5.73 Å². The molecule has 1 amide bonds. The number of primary amides is 1. The Balaban J connectivity index is 0.000000252. The Hall–Kier alpha value is -1.61. The molecular formula is C10H13NO2. The summed E-state index contributed by atoms with van der Waals surface area (Å²) in [5.74, 6) is -0.481. The van der Waals surface area contributed by atoms with Crippen LogP contribution in [-0.4, -0.2) is 11.0 Å². The molecule has 0 aliphatic heterocycles. The summed E-state index contributed by atoms with van der Waals surface area (Å²) in [5.41, 5.74) is 5.50. The van der Waals surface area contributed by atoms with E-state index in [1.807, 2.05) is 30.3 Å². The summed E-state index contributed by atoms with van der Waals surface area (Å²) in [6, 6.07) is 9.52. The highest BCUT2D eigenvalue weighted by atomic mass is 16.3. The summed E-state index contributed by atoms with van der Waals surface area (Å²) >= 11 is 0. The molecule has 0 heterocycles. The summed E-state index contributed by atoms with van der Waals surface area (Å²) < 4.78 is 0. The quantitative estimate of drug-likeness (QED) is 0.661. The number of aliphatic hydroxyl groups excluding tert-OH is 1. The molecule has 0 aliphatic rings. The smallest absolute Gasteiger partial charge is 0.240 e. The lowest BCUT2D eigenvalue weighted by Crippen LogP contribution is -2.04. The zero-order chi connectivity index (χ0) is 10.1. The maximum absolute atomic E-state index is 9.47. The van der Waals surface area contributed by atoms with Crippen molar-refractivity contribution in [3.05, 3.63) is 48.6 Å². The third-order valence-electron chi connectivity index (χ3n) is 1.23. The van der Waals surface area contributed by atoms with Crippen LogP contribution in [0.15, 0.2) is 43.0 Å². The van der Waals surface area contributed by atoms with E-state index in [0.717, 1.165) is 11.6 Å². The molecule has 70 valence electrons. The second kappa shape index (κ2) is 7.06. The van der Waals surface area contributed by atoms with Gasteiger partial charge in [-0.3, -0.25) is 4.79 Å². The van der Waals surface area contributed by atoms with Gasteiger partial charge in [0.05, 0.1) is 6.61 Å². The van der Waals surface area contributed by atoms with Gasteiger partial charge in [-0.1, -0.05) is 36.9 Å². The summed E-state index contributed by atoms with van der Waals surface area (Å²) in [4.78, 5) is 9.47. The summed E-state index contributed by atoms with van der Waals surface area (Å²) in [7, 11) is 0. The second-order valence-electron chi connectivity index (χ2n) is 2.25. The third-order valence-corrected chi connectivity index (χ3v) is 1.23. The molecule has 1 aromatic carbocycles. The van der Waals surface area contributed by atoms with E-state index in [-0.39, 0.29) is 6.61 Å². The van der Waals surface area contributed by atoms with Gasteiger partial charge < -0.3 is 10.8 Å². The van der Waals surface area contributed by atoms with Gasteiger partial charge in [-0.2, -0.15) is 0 Å². The van der Waals surface area contributed by atoms with Gasteiger partial charge >= 0.3 is 0 Å². The zero-order valence-corrected chi connectivity index (χ0v) is 7.31. The van der Waals surface area contributed by atoms with E-state index in [4.69, 9.17) is 5.11 Å². The van der Waals surface area contributed by atoms with Gasteiger partial charge in [0.2, 0.25) is 5.91 Å². The first-order valence-electron chi connectivity index (χ1n) is 3.77. The Morgan fingerprint density at radius 3 is 2.15 bits per heavy atom. The highest BCUT2D eigenvalue weighted by Gasteiger charge is 1.81. The molecule has 0 aliphatic carbocycles. The number of amides is 1. The molecule has 0 bridgehead atoms. The fraction of sp³-hybridized carbons (Fsp3) is 0.100. The van der Waals surface area contributed by atoms with Crippen LogP contribution in [0.3, 0.4) is 0 Å². The van der Waals surface area contributed by atoms with Gasteiger partial charge in [-0.15, -0.1) is 0 Å². The van der Waals surface area contributed by atoms with E-state index in [0.29, 0.717) is 0 Å². The number of hydrogen-bond acceptors (Lipinski definition) is 2. The predicted octanol–water partition coefficient (Wildman–Crippen LogP) is 0.837. The largest absolute Gasteiger partial charge is 0.392 e. The van der Waals surface area contributed by atoms with Crippen molar-refractivity contribution in [2.45, 2.75) is 6.61 Å². The van der Waals surface area contributed by atoms with Gasteiger partial charge in [-0.05, 0) is 11.6 Å². The number of carbonyl (C=O) groups is 1. The minimum absolute atomic E-state index is 0.140. The van der Waals surface area contributed by atoms with E-state index in [2.05, 4.69) is 12.3 Å². The van der Waals surface area contributed by atoms with Crippen molar-refractivity contribution in [2.24, 2.45) is 5.73 Å². The second-order valence-corrected chi connectivity index (χ2v) is 2.25. The molecule has 0 radical (unpaired) electrons. The van der Waals surface area contributed by atoms with Crippen LogP contribution >= 0.6 is 0 Å². The third kappa shape index (κ3) is 6.77. The van der Waals surface area contributed by atoms with Gasteiger partial charge in [-0.25, -0.2) is 0 Å². The maximum Gasteiger partial charge on any atom is 0.240 e. The first kappa shape index (κ1) is 11.4. The van der Waals surface area contributed by atoms with Crippen LogP contribution in [0.4, 0.5) is 0 Å². The molecule has 0 aromatic heterocycles. The number of benzene rings is 1. The van der Waals surface area contributed by atoms with Crippen molar-refractivity contribution in [3.63, 3.8) is 0 Å². The molecule has 3 nitrogen and oxygen atoms in total. The van der Waals surface area contributed by atoms with Crippen molar-refractivity contribution in [3.8, 4) is 0 Å². The molecule has 3 N–H and O–H groups in total. The molecule has 1 rings (SSSR count). The fourth-order valence-electron chi connectivity index (χ4n) is 0.583. The maximum atomic E-state index is 9.47. The normalized spacial score (nSPS) is 8.08. The summed E-state index contributed by atoms with van der Waals surface area (Å²) in [6.45, 7) is 3.23. The molecular weight excluding hydrogens is 166 g/mol. The van der Waals surface area contributed by atoms with Gasteiger partial charge in [0.25, 0.3) is 0 Å². The van der Waals surface area contributed by atoms with E-state index < -0.39 is 5.91 Å².